The van der Waals surface area contributed by atoms with E-state index in [0.29, 0.717) is 24.5 Å². The molecule has 0 aromatic heterocycles. The first-order valence-electron chi connectivity index (χ1n) is 6.44. The summed E-state index contributed by atoms with van der Waals surface area (Å²) in [5.74, 6) is -0.373. The molecule has 7 heteroatoms. The van der Waals surface area contributed by atoms with E-state index in [9.17, 15) is 9.59 Å². The number of hydrogen-bond acceptors (Lipinski definition) is 4. The molecule has 0 aliphatic carbocycles. The molecule has 1 rings (SSSR count). The second-order valence-electron chi connectivity index (χ2n) is 4.36. The molecule has 3 N–H and O–H groups in total. The maximum Gasteiger partial charge on any atom is 0.326 e. The zero-order valence-corrected chi connectivity index (χ0v) is 12.9. The van der Waals surface area contributed by atoms with Crippen LogP contribution < -0.4 is 10.6 Å². The quantitative estimate of drug-likeness (QED) is 0.684. The third-order valence-corrected chi connectivity index (χ3v) is 3.42. The maximum atomic E-state index is 11.9. The lowest BCUT2D eigenvalue weighted by atomic mass is 10.2. The lowest BCUT2D eigenvalue weighted by molar-refractivity contribution is -0.139. The van der Waals surface area contributed by atoms with Gasteiger partial charge in [0.15, 0.2) is 0 Å². The SMILES string of the molecule is COCc1ccccc1NC(=O)NC(CCSC)C(=O)O. The number of thioether (sulfide) groups is 1. The van der Waals surface area contributed by atoms with Crippen LogP contribution in [0.5, 0.6) is 0 Å². The number of benzene rings is 1. The monoisotopic (exact) mass is 312 g/mol. The van der Waals surface area contributed by atoms with E-state index in [0.717, 1.165) is 5.56 Å². The summed E-state index contributed by atoms with van der Waals surface area (Å²) < 4.78 is 5.05. The normalized spacial score (nSPS) is 11.7. The molecule has 1 aromatic carbocycles. The standard InChI is InChI=1S/C14H20N2O4S/c1-20-9-10-5-3-4-6-11(10)15-14(19)16-12(13(17)18)7-8-21-2/h3-6,12H,7-9H2,1-2H3,(H,17,18)(H2,15,16,19). The highest BCUT2D eigenvalue weighted by Gasteiger charge is 2.19. The predicted octanol–water partition coefficient (Wildman–Crippen LogP) is 2.16. The molecule has 1 unspecified atom stereocenters. The molecular formula is C14H20N2O4S. The van der Waals surface area contributed by atoms with E-state index >= 15 is 0 Å². The second kappa shape index (κ2) is 9.25. The van der Waals surface area contributed by atoms with E-state index < -0.39 is 18.0 Å². The number of aliphatic carboxylic acids is 1. The van der Waals surface area contributed by atoms with Gasteiger partial charge in [-0.05, 0) is 24.5 Å². The molecule has 6 nitrogen and oxygen atoms in total. The number of methoxy groups -OCH3 is 1. The number of rotatable bonds is 8. The number of urea groups is 1. The van der Waals surface area contributed by atoms with Crippen LogP contribution in [0.4, 0.5) is 10.5 Å². The summed E-state index contributed by atoms with van der Waals surface area (Å²) in [4.78, 5) is 23.0. The first-order chi connectivity index (χ1) is 10.1. The third kappa shape index (κ3) is 6.05. The van der Waals surface area contributed by atoms with Crippen molar-refractivity contribution < 1.29 is 19.4 Å². The lowest BCUT2D eigenvalue weighted by Gasteiger charge is -2.16. The number of anilines is 1. The molecule has 1 atom stereocenters. The summed E-state index contributed by atoms with van der Waals surface area (Å²) in [7, 11) is 1.57. The number of carboxylic acids is 1. The van der Waals surface area contributed by atoms with Gasteiger partial charge in [0, 0.05) is 18.4 Å². The van der Waals surface area contributed by atoms with Crippen molar-refractivity contribution in [1.82, 2.24) is 5.32 Å². The van der Waals surface area contributed by atoms with E-state index in [-0.39, 0.29) is 0 Å². The molecule has 0 aliphatic heterocycles. The largest absolute Gasteiger partial charge is 0.480 e. The molecule has 0 saturated carbocycles. The van der Waals surface area contributed by atoms with E-state index in [2.05, 4.69) is 10.6 Å². The molecule has 0 spiro atoms. The van der Waals surface area contributed by atoms with Gasteiger partial charge in [0.25, 0.3) is 0 Å². The maximum absolute atomic E-state index is 11.9. The van der Waals surface area contributed by atoms with Crippen LogP contribution in [0.3, 0.4) is 0 Å². The van der Waals surface area contributed by atoms with Gasteiger partial charge in [0.05, 0.1) is 6.61 Å². The van der Waals surface area contributed by atoms with Crippen LogP contribution in [-0.2, 0) is 16.1 Å². The molecule has 1 aromatic rings. The Hall–Kier alpha value is -1.73. The number of nitrogens with one attached hydrogen (secondary N) is 2. The Labute approximate surface area is 128 Å². The number of hydrogen-bond donors (Lipinski definition) is 3. The molecular weight excluding hydrogens is 292 g/mol. The van der Waals surface area contributed by atoms with Gasteiger partial charge in [0.1, 0.15) is 6.04 Å². The highest BCUT2D eigenvalue weighted by Crippen LogP contribution is 2.15. The molecule has 2 amide bonds. The fraction of sp³-hybridized carbons (Fsp3) is 0.429. The molecule has 0 heterocycles. The average Bonchev–Trinajstić information content (AvgIpc) is 2.45. The van der Waals surface area contributed by atoms with Gasteiger partial charge in [-0.3, -0.25) is 0 Å². The van der Waals surface area contributed by atoms with Crippen molar-refractivity contribution in [2.24, 2.45) is 0 Å². The average molecular weight is 312 g/mol. The fourth-order valence-corrected chi connectivity index (χ4v) is 2.20. The van der Waals surface area contributed by atoms with Crippen molar-refractivity contribution >= 4 is 29.4 Å². The van der Waals surface area contributed by atoms with Crippen LogP contribution in [0.1, 0.15) is 12.0 Å². The molecule has 0 bridgehead atoms. The minimum atomic E-state index is -1.04. The zero-order chi connectivity index (χ0) is 15.7. The fourth-order valence-electron chi connectivity index (χ4n) is 1.73. The van der Waals surface area contributed by atoms with Crippen LogP contribution in [0.2, 0.25) is 0 Å². The van der Waals surface area contributed by atoms with Crippen molar-refractivity contribution in [3.05, 3.63) is 29.8 Å². The van der Waals surface area contributed by atoms with Crippen molar-refractivity contribution in [1.29, 1.82) is 0 Å². The number of ether oxygens (including phenoxy) is 1. The third-order valence-electron chi connectivity index (χ3n) is 2.78. The van der Waals surface area contributed by atoms with Gasteiger partial charge in [-0.1, -0.05) is 18.2 Å². The predicted molar refractivity (Wildman–Crippen MR) is 83.7 cm³/mol. The number of carbonyl (C=O) groups is 2. The van der Waals surface area contributed by atoms with E-state index in [4.69, 9.17) is 9.84 Å². The summed E-state index contributed by atoms with van der Waals surface area (Å²) in [6, 6.07) is 5.78. The van der Waals surface area contributed by atoms with Gasteiger partial charge >= 0.3 is 12.0 Å². The van der Waals surface area contributed by atoms with Crippen LogP contribution in [0.25, 0.3) is 0 Å². The Morgan fingerprint density at radius 3 is 2.71 bits per heavy atom. The molecule has 0 fully saturated rings. The van der Waals surface area contributed by atoms with E-state index in [1.165, 1.54) is 11.8 Å². The summed E-state index contributed by atoms with van der Waals surface area (Å²) in [6.07, 6.45) is 2.27. The summed E-state index contributed by atoms with van der Waals surface area (Å²) in [5, 5.41) is 14.2. The van der Waals surface area contributed by atoms with Crippen molar-refractivity contribution in [3.63, 3.8) is 0 Å². The van der Waals surface area contributed by atoms with Crippen molar-refractivity contribution in [2.45, 2.75) is 19.1 Å². The van der Waals surface area contributed by atoms with Crippen LogP contribution in [0, 0.1) is 0 Å². The van der Waals surface area contributed by atoms with Gasteiger partial charge < -0.3 is 20.5 Å². The Bertz CT molecular complexity index is 482. The summed E-state index contributed by atoms with van der Waals surface area (Å²) in [5.41, 5.74) is 1.43. The summed E-state index contributed by atoms with van der Waals surface area (Å²) in [6.45, 7) is 0.366. The first kappa shape index (κ1) is 17.3. The Balaban J connectivity index is 2.65. The Morgan fingerprint density at radius 1 is 1.38 bits per heavy atom. The first-order valence-corrected chi connectivity index (χ1v) is 7.84. The molecule has 116 valence electrons. The molecule has 0 aliphatic rings. The van der Waals surface area contributed by atoms with Crippen LogP contribution in [-0.4, -0.2) is 42.3 Å². The highest BCUT2D eigenvalue weighted by atomic mass is 32.2. The van der Waals surface area contributed by atoms with Gasteiger partial charge in [-0.15, -0.1) is 0 Å². The smallest absolute Gasteiger partial charge is 0.326 e. The molecule has 21 heavy (non-hydrogen) atoms. The Morgan fingerprint density at radius 2 is 2.10 bits per heavy atom. The van der Waals surface area contributed by atoms with Crippen LogP contribution in [0.15, 0.2) is 24.3 Å². The minimum Gasteiger partial charge on any atom is -0.480 e. The van der Waals surface area contributed by atoms with Crippen molar-refractivity contribution in [2.75, 3.05) is 24.4 Å². The van der Waals surface area contributed by atoms with Gasteiger partial charge in [0.2, 0.25) is 0 Å². The van der Waals surface area contributed by atoms with Crippen molar-refractivity contribution in [3.8, 4) is 0 Å². The number of carbonyl (C=O) groups excluding carboxylic acids is 1. The summed E-state index contributed by atoms with van der Waals surface area (Å²) >= 11 is 1.54. The van der Waals surface area contributed by atoms with Gasteiger partial charge in [-0.25, -0.2) is 9.59 Å². The molecule has 0 radical (unpaired) electrons. The minimum absolute atomic E-state index is 0.366. The topological polar surface area (TPSA) is 87.7 Å². The molecule has 0 saturated heterocycles. The number of amides is 2. The van der Waals surface area contributed by atoms with E-state index in [1.54, 1.807) is 19.2 Å². The van der Waals surface area contributed by atoms with Gasteiger partial charge in [-0.2, -0.15) is 11.8 Å². The van der Waals surface area contributed by atoms with E-state index in [1.807, 2.05) is 18.4 Å². The highest BCUT2D eigenvalue weighted by molar-refractivity contribution is 7.98. The van der Waals surface area contributed by atoms with Crippen LogP contribution >= 0.6 is 11.8 Å². The Kier molecular flexibility index (Phi) is 7.63. The zero-order valence-electron chi connectivity index (χ0n) is 12.1. The lowest BCUT2D eigenvalue weighted by Crippen LogP contribution is -2.43. The number of para-hydroxylation sites is 1. The second-order valence-corrected chi connectivity index (χ2v) is 5.35. The number of carboxylic acid groups (broad SMARTS) is 1.